The van der Waals surface area contributed by atoms with Gasteiger partial charge in [0.1, 0.15) is 0 Å². The smallest absolute Gasteiger partial charge is 0.429 e. The van der Waals surface area contributed by atoms with E-state index in [9.17, 15) is 13.2 Å². The van der Waals surface area contributed by atoms with Crippen molar-refractivity contribution in [3.63, 3.8) is 0 Å². The third-order valence-electron chi connectivity index (χ3n) is 3.23. The van der Waals surface area contributed by atoms with Crippen LogP contribution in [-0.2, 0) is 0 Å². The molecule has 0 bridgehead atoms. The molecule has 0 spiro atoms. The van der Waals surface area contributed by atoms with Gasteiger partial charge in [-0.3, -0.25) is 0 Å². The molecular weight excluding hydrogens is 273 g/mol. The minimum Gasteiger partial charge on any atom is -0.493 e. The van der Waals surface area contributed by atoms with E-state index < -0.39 is 11.8 Å². The Bertz CT molecular complexity index is 531. The van der Waals surface area contributed by atoms with Crippen LogP contribution in [0.3, 0.4) is 0 Å². The average molecular weight is 286 g/mol. The molecule has 4 nitrogen and oxygen atoms in total. The van der Waals surface area contributed by atoms with Gasteiger partial charge in [0.15, 0.2) is 11.5 Å². The fourth-order valence-corrected chi connectivity index (χ4v) is 2.09. The lowest BCUT2D eigenvalue weighted by atomic mass is 10.0. The highest BCUT2D eigenvalue weighted by Crippen LogP contribution is 2.41. The summed E-state index contributed by atoms with van der Waals surface area (Å²) in [6, 6.07) is 5.96. The molecule has 1 unspecified atom stereocenters. The molecule has 1 fully saturated rings. The number of rotatable bonds is 3. The number of nitrogens with one attached hydrogen (secondary N) is 1. The second kappa shape index (κ2) is 5.21. The van der Waals surface area contributed by atoms with Crippen LogP contribution in [0.25, 0.3) is 0 Å². The lowest BCUT2D eigenvalue weighted by molar-refractivity contribution is -0.240. The van der Waals surface area contributed by atoms with E-state index in [-0.39, 0.29) is 31.0 Å². The molecule has 1 heterocycles. The summed E-state index contributed by atoms with van der Waals surface area (Å²) in [4.78, 5) is 0. The second-order valence-electron chi connectivity index (χ2n) is 4.50. The van der Waals surface area contributed by atoms with Crippen molar-refractivity contribution in [2.75, 3.05) is 20.2 Å². The molecule has 0 radical (unpaired) electrons. The zero-order valence-electron chi connectivity index (χ0n) is 10.8. The van der Waals surface area contributed by atoms with Crippen LogP contribution in [0.5, 0.6) is 11.5 Å². The van der Waals surface area contributed by atoms with Crippen molar-refractivity contribution in [3.05, 3.63) is 23.8 Å². The van der Waals surface area contributed by atoms with Gasteiger partial charge < -0.3 is 14.8 Å². The molecule has 2 rings (SSSR count). The molecule has 1 atom stereocenters. The lowest BCUT2D eigenvalue weighted by Gasteiger charge is -2.32. The molecule has 1 aromatic rings. The number of nitriles is 1. The van der Waals surface area contributed by atoms with Crippen molar-refractivity contribution in [1.82, 2.24) is 5.32 Å². The average Bonchev–Trinajstić information content (AvgIpc) is 2.88. The zero-order valence-corrected chi connectivity index (χ0v) is 10.8. The van der Waals surface area contributed by atoms with Gasteiger partial charge in [0.2, 0.25) is 5.60 Å². The Morgan fingerprint density at radius 2 is 2.10 bits per heavy atom. The third-order valence-corrected chi connectivity index (χ3v) is 3.23. The molecule has 0 aromatic heterocycles. The van der Waals surface area contributed by atoms with Crippen LogP contribution in [0.15, 0.2) is 18.2 Å². The van der Waals surface area contributed by atoms with Gasteiger partial charge in [0.05, 0.1) is 18.7 Å². The minimum absolute atomic E-state index is 0.0208. The molecule has 1 N–H and O–H groups in total. The SMILES string of the molecule is COc1cc(C#N)ccc1OC1(C(F)(F)F)CCNC1. The summed E-state index contributed by atoms with van der Waals surface area (Å²) in [5.74, 6) is 0.0899. The molecule has 7 heteroatoms. The Morgan fingerprint density at radius 3 is 2.60 bits per heavy atom. The predicted octanol–water partition coefficient (Wildman–Crippen LogP) is 2.24. The second-order valence-corrected chi connectivity index (χ2v) is 4.50. The standard InChI is InChI=1S/C13H13F3N2O2/c1-19-11-6-9(7-17)2-3-10(11)20-12(13(14,15)16)4-5-18-8-12/h2-3,6,18H,4-5,8H2,1H3. The van der Waals surface area contributed by atoms with E-state index in [0.29, 0.717) is 5.56 Å². The van der Waals surface area contributed by atoms with Gasteiger partial charge in [-0.1, -0.05) is 0 Å². The molecule has 1 aliphatic heterocycles. The predicted molar refractivity (Wildman–Crippen MR) is 64.6 cm³/mol. The van der Waals surface area contributed by atoms with Crippen LogP contribution < -0.4 is 14.8 Å². The van der Waals surface area contributed by atoms with E-state index >= 15 is 0 Å². The number of hydrogen-bond acceptors (Lipinski definition) is 4. The lowest BCUT2D eigenvalue weighted by Crippen LogP contribution is -2.52. The van der Waals surface area contributed by atoms with Gasteiger partial charge in [-0.25, -0.2) is 0 Å². The first kappa shape index (κ1) is 14.5. The first-order chi connectivity index (χ1) is 9.42. The fraction of sp³-hybridized carbons (Fsp3) is 0.462. The van der Waals surface area contributed by atoms with Crippen LogP contribution in [0.1, 0.15) is 12.0 Å². The number of ether oxygens (including phenoxy) is 2. The van der Waals surface area contributed by atoms with Crippen molar-refractivity contribution < 1.29 is 22.6 Å². The van der Waals surface area contributed by atoms with Crippen molar-refractivity contribution in [2.45, 2.75) is 18.2 Å². The van der Waals surface area contributed by atoms with E-state index in [0.717, 1.165) is 0 Å². The third kappa shape index (κ3) is 2.51. The monoisotopic (exact) mass is 286 g/mol. The maximum atomic E-state index is 13.2. The quantitative estimate of drug-likeness (QED) is 0.926. The number of nitrogens with zero attached hydrogens (tertiary/aromatic N) is 1. The zero-order chi connectivity index (χ0) is 14.8. The van der Waals surface area contributed by atoms with Gasteiger partial charge in [0.25, 0.3) is 0 Å². The summed E-state index contributed by atoms with van der Waals surface area (Å²) >= 11 is 0. The van der Waals surface area contributed by atoms with Gasteiger partial charge in [0, 0.05) is 19.0 Å². The van der Waals surface area contributed by atoms with Gasteiger partial charge in [-0.2, -0.15) is 18.4 Å². The van der Waals surface area contributed by atoms with E-state index in [1.165, 1.54) is 25.3 Å². The Kier molecular flexibility index (Phi) is 3.77. The largest absolute Gasteiger partial charge is 0.493 e. The number of halogens is 3. The number of hydrogen-bond donors (Lipinski definition) is 1. The number of benzene rings is 1. The highest BCUT2D eigenvalue weighted by atomic mass is 19.4. The highest BCUT2D eigenvalue weighted by molar-refractivity contribution is 5.47. The molecule has 0 amide bonds. The molecule has 0 aliphatic carbocycles. The summed E-state index contributed by atoms with van der Waals surface area (Å²) in [6.07, 6.45) is -4.66. The first-order valence-electron chi connectivity index (χ1n) is 5.96. The highest BCUT2D eigenvalue weighted by Gasteiger charge is 2.59. The summed E-state index contributed by atoms with van der Waals surface area (Å²) in [5.41, 5.74) is -1.96. The normalized spacial score (nSPS) is 22.4. The van der Waals surface area contributed by atoms with Crippen LogP contribution in [0.4, 0.5) is 13.2 Å². The number of alkyl halides is 3. The molecule has 0 saturated carbocycles. The molecule has 108 valence electrons. The number of methoxy groups -OCH3 is 1. The first-order valence-corrected chi connectivity index (χ1v) is 5.96. The Balaban J connectivity index is 2.35. The fourth-order valence-electron chi connectivity index (χ4n) is 2.09. The van der Waals surface area contributed by atoms with Gasteiger partial charge in [-0.15, -0.1) is 0 Å². The van der Waals surface area contributed by atoms with Crippen LogP contribution >= 0.6 is 0 Å². The van der Waals surface area contributed by atoms with Crippen LogP contribution in [0.2, 0.25) is 0 Å². The van der Waals surface area contributed by atoms with E-state index in [2.05, 4.69) is 5.32 Å². The van der Waals surface area contributed by atoms with Gasteiger partial charge >= 0.3 is 6.18 Å². The van der Waals surface area contributed by atoms with E-state index in [1.807, 2.05) is 6.07 Å². The van der Waals surface area contributed by atoms with Gasteiger partial charge in [-0.05, 0) is 18.7 Å². The molecule has 1 aliphatic rings. The van der Waals surface area contributed by atoms with Crippen LogP contribution in [-0.4, -0.2) is 32.0 Å². The maximum absolute atomic E-state index is 13.2. The molecule has 1 saturated heterocycles. The van der Waals surface area contributed by atoms with Crippen molar-refractivity contribution in [2.24, 2.45) is 0 Å². The molecule has 20 heavy (non-hydrogen) atoms. The summed E-state index contributed by atoms with van der Waals surface area (Å²) in [6.45, 7) is -0.0717. The molecule has 1 aromatic carbocycles. The Labute approximate surface area is 114 Å². The summed E-state index contributed by atoms with van der Waals surface area (Å²) in [5, 5.41) is 11.4. The Morgan fingerprint density at radius 1 is 1.35 bits per heavy atom. The van der Waals surface area contributed by atoms with Crippen molar-refractivity contribution in [1.29, 1.82) is 5.26 Å². The summed E-state index contributed by atoms with van der Waals surface area (Å²) in [7, 11) is 1.32. The summed E-state index contributed by atoms with van der Waals surface area (Å²) < 4.78 is 49.9. The molecular formula is C13H13F3N2O2. The van der Waals surface area contributed by atoms with Crippen LogP contribution in [0, 0.1) is 11.3 Å². The van der Waals surface area contributed by atoms with E-state index in [4.69, 9.17) is 14.7 Å². The maximum Gasteiger partial charge on any atom is 0.429 e. The topological polar surface area (TPSA) is 54.3 Å². The Hall–Kier alpha value is -1.94. The van der Waals surface area contributed by atoms with Crippen molar-refractivity contribution >= 4 is 0 Å². The van der Waals surface area contributed by atoms with Crippen molar-refractivity contribution in [3.8, 4) is 17.6 Å². The van der Waals surface area contributed by atoms with E-state index in [1.54, 1.807) is 0 Å². The minimum atomic E-state index is -4.49.